The van der Waals surface area contributed by atoms with Crippen molar-refractivity contribution in [3.63, 3.8) is 0 Å². The Hall–Kier alpha value is -3.27. The van der Waals surface area contributed by atoms with Gasteiger partial charge in [-0.05, 0) is 41.2 Å². The van der Waals surface area contributed by atoms with Gasteiger partial charge in [-0.2, -0.15) is 13.2 Å². The van der Waals surface area contributed by atoms with Crippen LogP contribution in [-0.2, 0) is 12.6 Å². The third-order valence-electron chi connectivity index (χ3n) is 4.61. The standard InChI is InChI=1S/C20H16F3N5OS/c1-2-13-17(30-28-27-13)18(29)26-16(11-6-4-3-5-7-11)12-8-9-14-15(10-12)25-19(24-14)20(21,22)23/h3-10,16H,2H2,1H3,(H,24,25)(H,26,29). The van der Waals surface area contributed by atoms with Gasteiger partial charge in [-0.3, -0.25) is 4.79 Å². The fraction of sp³-hybridized carbons (Fsp3) is 0.200. The van der Waals surface area contributed by atoms with Crippen LogP contribution in [0.25, 0.3) is 11.0 Å². The monoisotopic (exact) mass is 431 g/mol. The summed E-state index contributed by atoms with van der Waals surface area (Å²) in [5.74, 6) is -1.39. The van der Waals surface area contributed by atoms with E-state index in [0.29, 0.717) is 22.6 Å². The van der Waals surface area contributed by atoms with Crippen LogP contribution in [0.1, 0.15) is 45.3 Å². The van der Waals surface area contributed by atoms with E-state index in [2.05, 4.69) is 24.9 Å². The second kappa shape index (κ2) is 7.86. The smallest absolute Gasteiger partial charge is 0.340 e. The number of carbonyl (C=O) groups is 1. The van der Waals surface area contributed by atoms with Crippen LogP contribution in [0.4, 0.5) is 13.2 Å². The molecule has 0 saturated heterocycles. The molecule has 4 rings (SSSR count). The molecular weight excluding hydrogens is 415 g/mol. The van der Waals surface area contributed by atoms with Crippen molar-refractivity contribution < 1.29 is 18.0 Å². The molecule has 6 nitrogen and oxygen atoms in total. The normalized spacial score (nSPS) is 12.8. The first-order chi connectivity index (χ1) is 14.4. The zero-order valence-electron chi connectivity index (χ0n) is 15.7. The minimum absolute atomic E-state index is 0.198. The van der Waals surface area contributed by atoms with Gasteiger partial charge in [0, 0.05) is 0 Å². The maximum atomic E-state index is 13.0. The Balaban J connectivity index is 1.74. The fourth-order valence-corrected chi connectivity index (χ4v) is 3.81. The van der Waals surface area contributed by atoms with E-state index in [4.69, 9.17) is 0 Å². The lowest BCUT2D eigenvalue weighted by atomic mass is 9.98. The number of hydrogen-bond acceptors (Lipinski definition) is 5. The third-order valence-corrected chi connectivity index (χ3v) is 5.38. The van der Waals surface area contributed by atoms with Crippen molar-refractivity contribution in [2.75, 3.05) is 0 Å². The summed E-state index contributed by atoms with van der Waals surface area (Å²) < 4.78 is 42.8. The number of halogens is 3. The predicted octanol–water partition coefficient (Wildman–Crippen LogP) is 4.52. The zero-order chi connectivity index (χ0) is 21.3. The van der Waals surface area contributed by atoms with Crippen LogP contribution in [0.2, 0.25) is 0 Å². The highest BCUT2D eigenvalue weighted by Crippen LogP contribution is 2.30. The molecule has 0 spiro atoms. The molecule has 10 heteroatoms. The summed E-state index contributed by atoms with van der Waals surface area (Å²) in [7, 11) is 0. The van der Waals surface area contributed by atoms with E-state index in [0.717, 1.165) is 17.1 Å². The van der Waals surface area contributed by atoms with Crippen molar-refractivity contribution in [1.29, 1.82) is 0 Å². The quantitative estimate of drug-likeness (QED) is 0.487. The minimum atomic E-state index is -4.57. The predicted molar refractivity (Wildman–Crippen MR) is 106 cm³/mol. The summed E-state index contributed by atoms with van der Waals surface area (Å²) in [5.41, 5.74) is 2.45. The molecule has 2 aromatic heterocycles. The highest BCUT2D eigenvalue weighted by atomic mass is 32.1. The molecule has 0 fully saturated rings. The molecule has 0 radical (unpaired) electrons. The van der Waals surface area contributed by atoms with Gasteiger partial charge in [-0.15, -0.1) is 5.10 Å². The number of hydrogen-bond donors (Lipinski definition) is 2. The van der Waals surface area contributed by atoms with E-state index >= 15 is 0 Å². The molecule has 30 heavy (non-hydrogen) atoms. The van der Waals surface area contributed by atoms with Crippen LogP contribution >= 0.6 is 11.5 Å². The number of amides is 1. The van der Waals surface area contributed by atoms with Gasteiger partial charge in [0.2, 0.25) is 5.82 Å². The van der Waals surface area contributed by atoms with Gasteiger partial charge in [0.1, 0.15) is 4.88 Å². The first-order valence-corrected chi connectivity index (χ1v) is 9.88. The summed E-state index contributed by atoms with van der Waals surface area (Å²) in [4.78, 5) is 19.2. The molecule has 154 valence electrons. The van der Waals surface area contributed by atoms with Crippen LogP contribution in [0.3, 0.4) is 0 Å². The lowest BCUT2D eigenvalue weighted by Crippen LogP contribution is -2.29. The summed E-state index contributed by atoms with van der Waals surface area (Å²) in [5, 5.41) is 6.93. The van der Waals surface area contributed by atoms with E-state index in [-0.39, 0.29) is 16.9 Å². The molecular formula is C20H16F3N5OS. The van der Waals surface area contributed by atoms with Crippen LogP contribution in [0.15, 0.2) is 48.5 Å². The van der Waals surface area contributed by atoms with Gasteiger partial charge in [0.15, 0.2) is 0 Å². The van der Waals surface area contributed by atoms with Gasteiger partial charge in [-0.1, -0.05) is 47.8 Å². The number of benzene rings is 2. The highest BCUT2D eigenvalue weighted by molar-refractivity contribution is 7.08. The number of imidazole rings is 1. The number of fused-ring (bicyclic) bond motifs is 1. The molecule has 0 aliphatic carbocycles. The maximum absolute atomic E-state index is 13.0. The van der Waals surface area contributed by atoms with Crippen molar-refractivity contribution in [3.05, 3.63) is 76.1 Å². The second-order valence-corrected chi connectivity index (χ2v) is 7.33. The van der Waals surface area contributed by atoms with Crippen molar-refractivity contribution >= 4 is 28.5 Å². The topological polar surface area (TPSA) is 83.6 Å². The van der Waals surface area contributed by atoms with Crippen molar-refractivity contribution in [2.24, 2.45) is 0 Å². The van der Waals surface area contributed by atoms with E-state index in [1.807, 2.05) is 37.3 Å². The Morgan fingerprint density at radius 1 is 1.17 bits per heavy atom. The molecule has 1 unspecified atom stereocenters. The van der Waals surface area contributed by atoms with E-state index < -0.39 is 18.0 Å². The largest absolute Gasteiger partial charge is 0.449 e. The van der Waals surface area contributed by atoms with Gasteiger partial charge >= 0.3 is 6.18 Å². The third kappa shape index (κ3) is 3.90. The molecule has 4 aromatic rings. The van der Waals surface area contributed by atoms with E-state index in [9.17, 15) is 18.0 Å². The van der Waals surface area contributed by atoms with Gasteiger partial charge < -0.3 is 10.3 Å². The number of nitrogens with zero attached hydrogens (tertiary/aromatic N) is 3. The minimum Gasteiger partial charge on any atom is -0.340 e. The summed E-state index contributed by atoms with van der Waals surface area (Å²) >= 11 is 1.01. The molecule has 2 heterocycles. The zero-order valence-corrected chi connectivity index (χ0v) is 16.5. The van der Waals surface area contributed by atoms with E-state index in [1.54, 1.807) is 12.1 Å². The van der Waals surface area contributed by atoms with Crippen molar-refractivity contribution in [3.8, 4) is 0 Å². The number of aromatic nitrogens is 4. The lowest BCUT2D eigenvalue weighted by Gasteiger charge is -2.19. The molecule has 2 N–H and O–H groups in total. The Labute approximate surface area is 173 Å². The van der Waals surface area contributed by atoms with Crippen LogP contribution in [-0.4, -0.2) is 25.5 Å². The van der Waals surface area contributed by atoms with Gasteiger partial charge in [0.25, 0.3) is 5.91 Å². The van der Waals surface area contributed by atoms with Crippen LogP contribution < -0.4 is 5.32 Å². The number of aromatic amines is 1. The number of carbonyl (C=O) groups excluding carboxylic acids is 1. The van der Waals surface area contributed by atoms with Crippen molar-refractivity contribution in [1.82, 2.24) is 24.9 Å². The summed E-state index contributed by atoms with van der Waals surface area (Å²) in [6.45, 7) is 1.88. The van der Waals surface area contributed by atoms with Crippen molar-refractivity contribution in [2.45, 2.75) is 25.6 Å². The maximum Gasteiger partial charge on any atom is 0.449 e. The van der Waals surface area contributed by atoms with Crippen LogP contribution in [0.5, 0.6) is 0 Å². The molecule has 1 amide bonds. The first kappa shape index (κ1) is 20.0. The molecule has 0 aliphatic heterocycles. The first-order valence-electron chi connectivity index (χ1n) is 9.10. The number of nitrogens with one attached hydrogen (secondary N) is 2. The average molecular weight is 431 g/mol. The Kier molecular flexibility index (Phi) is 5.25. The van der Waals surface area contributed by atoms with Crippen LogP contribution in [0, 0.1) is 0 Å². The summed E-state index contributed by atoms with van der Waals surface area (Å²) in [6, 6.07) is 13.3. The number of aryl methyl sites for hydroxylation is 1. The average Bonchev–Trinajstić information content (AvgIpc) is 3.38. The highest BCUT2D eigenvalue weighted by Gasteiger charge is 2.34. The second-order valence-electron chi connectivity index (χ2n) is 6.58. The fourth-order valence-electron chi connectivity index (χ4n) is 3.15. The Bertz CT molecular complexity index is 1190. The van der Waals surface area contributed by atoms with Gasteiger partial charge in [-0.25, -0.2) is 4.98 Å². The van der Waals surface area contributed by atoms with E-state index in [1.165, 1.54) is 6.07 Å². The molecule has 2 aromatic carbocycles. The number of rotatable bonds is 5. The Morgan fingerprint density at radius 3 is 2.63 bits per heavy atom. The molecule has 1 atom stereocenters. The summed E-state index contributed by atoms with van der Waals surface area (Å²) in [6.07, 6.45) is -4.00. The molecule has 0 aliphatic rings. The SMILES string of the molecule is CCc1nnsc1C(=O)NC(c1ccccc1)c1ccc2nc(C(F)(F)F)[nH]c2c1. The molecule has 0 saturated carbocycles. The Morgan fingerprint density at radius 2 is 1.93 bits per heavy atom. The number of alkyl halides is 3. The molecule has 0 bridgehead atoms. The lowest BCUT2D eigenvalue weighted by molar-refractivity contribution is -0.144. The van der Waals surface area contributed by atoms with Gasteiger partial charge in [0.05, 0.1) is 22.8 Å². The number of H-pyrrole nitrogens is 1.